The minimum atomic E-state index is -0.255. The maximum Gasteiger partial charge on any atom is 0.333 e. The standard InChI is InChI=1S/C20H32O4/c1-5-18(22-6-2)24-20-10-14-7-8-16(15(9-14)11-20)17(12-20)23-19(21)13(3)4/h14-18H,3,5-12H2,1-2,4H3. The third kappa shape index (κ3) is 3.55. The van der Waals surface area contributed by atoms with Gasteiger partial charge < -0.3 is 14.2 Å². The van der Waals surface area contributed by atoms with Crippen molar-refractivity contribution in [2.45, 2.75) is 83.7 Å². The SMILES string of the molecule is C=C(C)C(=O)OC1CC2(OC(CC)OCC)CC3CCC1C(C3)C2. The maximum absolute atomic E-state index is 12.1. The highest BCUT2D eigenvalue weighted by Gasteiger charge is 2.55. The first-order chi connectivity index (χ1) is 11.5. The van der Waals surface area contributed by atoms with Crippen LogP contribution in [0.5, 0.6) is 0 Å². The van der Waals surface area contributed by atoms with E-state index in [1.165, 1.54) is 19.3 Å². The highest BCUT2D eigenvalue weighted by atomic mass is 16.7. The minimum Gasteiger partial charge on any atom is -0.459 e. The summed E-state index contributed by atoms with van der Waals surface area (Å²) in [6.07, 6.45) is 7.34. The van der Waals surface area contributed by atoms with Crippen LogP contribution in [0.15, 0.2) is 12.2 Å². The molecule has 3 aliphatic rings. The van der Waals surface area contributed by atoms with Crippen molar-refractivity contribution < 1.29 is 19.0 Å². The fraction of sp³-hybridized carbons (Fsp3) is 0.850. The van der Waals surface area contributed by atoms with Crippen LogP contribution in [0.3, 0.4) is 0 Å². The summed E-state index contributed by atoms with van der Waals surface area (Å²) in [5, 5.41) is 0. The van der Waals surface area contributed by atoms with Crippen LogP contribution in [0, 0.1) is 17.8 Å². The molecule has 136 valence electrons. The van der Waals surface area contributed by atoms with Crippen LogP contribution < -0.4 is 0 Å². The van der Waals surface area contributed by atoms with Crippen LogP contribution in [0.25, 0.3) is 0 Å². The minimum absolute atomic E-state index is 0.0340. The topological polar surface area (TPSA) is 44.8 Å². The van der Waals surface area contributed by atoms with Gasteiger partial charge in [-0.15, -0.1) is 0 Å². The number of ether oxygens (including phenoxy) is 3. The normalized spacial score (nSPS) is 38.6. The molecule has 3 aliphatic carbocycles. The molecule has 0 saturated heterocycles. The molecule has 0 aliphatic heterocycles. The van der Waals surface area contributed by atoms with E-state index in [-0.39, 0.29) is 24.0 Å². The van der Waals surface area contributed by atoms with Gasteiger partial charge in [0.25, 0.3) is 0 Å². The van der Waals surface area contributed by atoms with Gasteiger partial charge in [0, 0.05) is 18.6 Å². The molecule has 6 unspecified atom stereocenters. The second kappa shape index (κ2) is 7.17. The average Bonchev–Trinajstić information content (AvgIpc) is 2.52. The molecule has 0 aromatic carbocycles. The van der Waals surface area contributed by atoms with Crippen LogP contribution >= 0.6 is 0 Å². The van der Waals surface area contributed by atoms with Crippen molar-refractivity contribution >= 4 is 5.97 Å². The second-order valence-electron chi connectivity index (χ2n) is 8.03. The molecule has 3 bridgehead atoms. The van der Waals surface area contributed by atoms with E-state index in [1.54, 1.807) is 6.92 Å². The quantitative estimate of drug-likeness (QED) is 0.396. The van der Waals surface area contributed by atoms with Crippen molar-refractivity contribution in [3.8, 4) is 0 Å². The second-order valence-corrected chi connectivity index (χ2v) is 8.03. The Morgan fingerprint density at radius 3 is 2.71 bits per heavy atom. The summed E-state index contributed by atoms with van der Waals surface area (Å²) in [5.41, 5.74) is 0.301. The average molecular weight is 336 g/mol. The number of rotatable bonds is 7. The maximum atomic E-state index is 12.1. The summed E-state index contributed by atoms with van der Waals surface area (Å²) in [5.74, 6) is 1.62. The predicted molar refractivity (Wildman–Crippen MR) is 92.4 cm³/mol. The highest BCUT2D eigenvalue weighted by molar-refractivity contribution is 5.87. The van der Waals surface area contributed by atoms with E-state index in [2.05, 4.69) is 13.5 Å². The van der Waals surface area contributed by atoms with Crippen LogP contribution in [0.4, 0.5) is 0 Å². The fourth-order valence-electron chi connectivity index (χ4n) is 5.28. The zero-order valence-corrected chi connectivity index (χ0v) is 15.4. The predicted octanol–water partition coefficient (Wildman–Crippen LogP) is 4.23. The van der Waals surface area contributed by atoms with Crippen LogP contribution in [0.1, 0.15) is 65.7 Å². The van der Waals surface area contributed by atoms with E-state index >= 15 is 0 Å². The highest BCUT2D eigenvalue weighted by Crippen LogP contribution is 2.56. The van der Waals surface area contributed by atoms with Gasteiger partial charge in [-0.05, 0) is 70.1 Å². The molecule has 3 rings (SSSR count). The first-order valence-electron chi connectivity index (χ1n) is 9.62. The molecule has 0 aromatic rings. The summed E-state index contributed by atoms with van der Waals surface area (Å²) in [6, 6.07) is 0. The van der Waals surface area contributed by atoms with Gasteiger partial charge >= 0.3 is 5.97 Å². The van der Waals surface area contributed by atoms with E-state index in [9.17, 15) is 4.79 Å². The van der Waals surface area contributed by atoms with Crippen molar-refractivity contribution in [2.75, 3.05) is 6.61 Å². The lowest BCUT2D eigenvalue weighted by Gasteiger charge is -2.57. The Hall–Kier alpha value is -0.870. The molecule has 4 heteroatoms. The molecule has 0 aromatic heterocycles. The van der Waals surface area contributed by atoms with Crippen LogP contribution in [-0.2, 0) is 19.0 Å². The van der Waals surface area contributed by atoms with Gasteiger partial charge in [-0.25, -0.2) is 4.79 Å². The Kier molecular flexibility index (Phi) is 5.36. The monoisotopic (exact) mass is 336 g/mol. The van der Waals surface area contributed by atoms with Crippen molar-refractivity contribution in [1.29, 1.82) is 0 Å². The molecule has 0 amide bonds. The number of esters is 1. The van der Waals surface area contributed by atoms with Crippen molar-refractivity contribution in [3.05, 3.63) is 12.2 Å². The smallest absolute Gasteiger partial charge is 0.333 e. The number of hydrogen-bond acceptors (Lipinski definition) is 4. The summed E-state index contributed by atoms with van der Waals surface area (Å²) in [7, 11) is 0. The Balaban J connectivity index is 1.78. The van der Waals surface area contributed by atoms with Crippen molar-refractivity contribution in [1.82, 2.24) is 0 Å². The van der Waals surface area contributed by atoms with Gasteiger partial charge in [0.15, 0.2) is 6.29 Å². The Labute approximate surface area is 145 Å². The lowest BCUT2D eigenvalue weighted by atomic mass is 9.54. The number of carbonyl (C=O) groups excluding carboxylic acids is 1. The van der Waals surface area contributed by atoms with Crippen molar-refractivity contribution in [2.24, 2.45) is 17.8 Å². The molecule has 0 radical (unpaired) electrons. The first kappa shape index (κ1) is 17.9. The molecule has 3 fully saturated rings. The number of fused-ring (bicyclic) bond motifs is 2. The Bertz CT molecular complexity index is 484. The van der Waals surface area contributed by atoms with Gasteiger partial charge in [0.1, 0.15) is 6.10 Å². The summed E-state index contributed by atoms with van der Waals surface area (Å²) >= 11 is 0. The molecule has 0 N–H and O–H groups in total. The summed E-state index contributed by atoms with van der Waals surface area (Å²) < 4.78 is 18.2. The zero-order chi connectivity index (χ0) is 17.3. The Morgan fingerprint density at radius 2 is 2.04 bits per heavy atom. The molecule has 0 spiro atoms. The van der Waals surface area contributed by atoms with E-state index in [4.69, 9.17) is 14.2 Å². The molecule has 24 heavy (non-hydrogen) atoms. The van der Waals surface area contributed by atoms with Gasteiger partial charge in [-0.1, -0.05) is 13.5 Å². The first-order valence-corrected chi connectivity index (χ1v) is 9.62. The number of carbonyl (C=O) groups is 1. The number of hydrogen-bond donors (Lipinski definition) is 0. The summed E-state index contributed by atoms with van der Waals surface area (Å²) in [4.78, 5) is 12.1. The molecule has 0 heterocycles. The lowest BCUT2D eigenvalue weighted by molar-refractivity contribution is -0.262. The Morgan fingerprint density at radius 1 is 1.25 bits per heavy atom. The van der Waals surface area contributed by atoms with Crippen LogP contribution in [0.2, 0.25) is 0 Å². The van der Waals surface area contributed by atoms with Gasteiger partial charge in [0.2, 0.25) is 0 Å². The summed E-state index contributed by atoms with van der Waals surface area (Å²) in [6.45, 7) is 10.2. The molecule has 3 saturated carbocycles. The van der Waals surface area contributed by atoms with Crippen molar-refractivity contribution in [3.63, 3.8) is 0 Å². The molecule has 4 nitrogen and oxygen atoms in total. The van der Waals surface area contributed by atoms with Gasteiger partial charge in [0.05, 0.1) is 5.60 Å². The van der Waals surface area contributed by atoms with E-state index in [1.807, 2.05) is 6.92 Å². The van der Waals surface area contributed by atoms with E-state index in [0.29, 0.717) is 24.0 Å². The largest absolute Gasteiger partial charge is 0.459 e. The molecular weight excluding hydrogens is 304 g/mol. The fourth-order valence-corrected chi connectivity index (χ4v) is 5.28. The third-order valence-electron chi connectivity index (χ3n) is 6.17. The molecular formula is C20H32O4. The van der Waals surface area contributed by atoms with E-state index < -0.39 is 0 Å². The van der Waals surface area contributed by atoms with Crippen LogP contribution in [-0.4, -0.2) is 30.6 Å². The van der Waals surface area contributed by atoms with Gasteiger partial charge in [-0.3, -0.25) is 0 Å². The van der Waals surface area contributed by atoms with E-state index in [0.717, 1.165) is 31.6 Å². The molecule has 6 atom stereocenters. The zero-order valence-electron chi connectivity index (χ0n) is 15.4. The van der Waals surface area contributed by atoms with Gasteiger partial charge in [-0.2, -0.15) is 0 Å². The third-order valence-corrected chi connectivity index (χ3v) is 6.17. The lowest BCUT2D eigenvalue weighted by Crippen LogP contribution is -2.57.